The Kier molecular flexibility index (Phi) is 4.37. The van der Waals surface area contributed by atoms with Crippen molar-refractivity contribution in [3.8, 4) is 0 Å². The molecule has 0 radical (unpaired) electrons. The maximum atomic E-state index is 10.9. The Bertz CT molecular complexity index is 456. The zero-order valence-electron chi connectivity index (χ0n) is 11.6. The van der Waals surface area contributed by atoms with Gasteiger partial charge in [0.1, 0.15) is 0 Å². The SMILES string of the molecule is Cc1cc(N(C)CC2CCCCN2)cc([N+](=O)[O-])c1. The van der Waals surface area contributed by atoms with Gasteiger partial charge in [0.25, 0.3) is 5.69 Å². The molecule has 0 aromatic heterocycles. The number of nitrogens with one attached hydrogen (secondary N) is 1. The number of likely N-dealkylation sites (N-methyl/N-ethyl adjacent to an activating group) is 1. The summed E-state index contributed by atoms with van der Waals surface area (Å²) in [7, 11) is 1.99. The molecule has 0 amide bonds. The molecule has 1 aliphatic rings. The van der Waals surface area contributed by atoms with Crippen LogP contribution in [0.4, 0.5) is 11.4 Å². The maximum Gasteiger partial charge on any atom is 0.271 e. The Labute approximate surface area is 113 Å². The molecule has 1 N–H and O–H groups in total. The molecule has 104 valence electrons. The van der Waals surface area contributed by atoms with Gasteiger partial charge in [-0.15, -0.1) is 0 Å². The van der Waals surface area contributed by atoms with Crippen molar-refractivity contribution < 1.29 is 4.92 Å². The number of hydrogen-bond donors (Lipinski definition) is 1. The van der Waals surface area contributed by atoms with E-state index in [1.807, 2.05) is 20.0 Å². The van der Waals surface area contributed by atoms with Crippen LogP contribution >= 0.6 is 0 Å². The van der Waals surface area contributed by atoms with Gasteiger partial charge in [-0.05, 0) is 37.9 Å². The second-order valence-electron chi connectivity index (χ2n) is 5.31. The highest BCUT2D eigenvalue weighted by molar-refractivity contribution is 5.55. The average Bonchev–Trinajstić information content (AvgIpc) is 2.39. The summed E-state index contributed by atoms with van der Waals surface area (Å²) in [6.07, 6.45) is 3.69. The van der Waals surface area contributed by atoms with Crippen LogP contribution in [-0.4, -0.2) is 31.1 Å². The highest BCUT2D eigenvalue weighted by Crippen LogP contribution is 2.23. The van der Waals surface area contributed by atoms with Crippen molar-refractivity contribution in [2.24, 2.45) is 0 Å². The summed E-state index contributed by atoms with van der Waals surface area (Å²) in [6, 6.07) is 5.74. The van der Waals surface area contributed by atoms with Gasteiger partial charge in [-0.3, -0.25) is 10.1 Å². The minimum atomic E-state index is -0.330. The number of piperidine rings is 1. The smallest absolute Gasteiger partial charge is 0.271 e. The molecule has 1 aliphatic heterocycles. The Morgan fingerprint density at radius 2 is 2.21 bits per heavy atom. The van der Waals surface area contributed by atoms with E-state index in [4.69, 9.17) is 0 Å². The van der Waals surface area contributed by atoms with Gasteiger partial charge in [-0.25, -0.2) is 0 Å². The molecule has 0 bridgehead atoms. The van der Waals surface area contributed by atoms with E-state index in [-0.39, 0.29) is 10.6 Å². The van der Waals surface area contributed by atoms with Gasteiger partial charge in [-0.1, -0.05) is 6.42 Å². The summed E-state index contributed by atoms with van der Waals surface area (Å²) in [4.78, 5) is 12.7. The predicted molar refractivity (Wildman–Crippen MR) is 76.7 cm³/mol. The lowest BCUT2D eigenvalue weighted by Gasteiger charge is -2.29. The van der Waals surface area contributed by atoms with E-state index in [0.29, 0.717) is 6.04 Å². The van der Waals surface area contributed by atoms with E-state index in [1.54, 1.807) is 12.1 Å². The Hall–Kier alpha value is -1.62. The third-order valence-corrected chi connectivity index (χ3v) is 3.61. The molecule has 1 aromatic rings. The molecule has 19 heavy (non-hydrogen) atoms. The third-order valence-electron chi connectivity index (χ3n) is 3.61. The van der Waals surface area contributed by atoms with E-state index < -0.39 is 0 Å². The molecule has 1 atom stereocenters. The van der Waals surface area contributed by atoms with Crippen molar-refractivity contribution in [3.05, 3.63) is 33.9 Å². The summed E-state index contributed by atoms with van der Waals surface area (Å²) >= 11 is 0. The van der Waals surface area contributed by atoms with Crippen LogP contribution in [0.1, 0.15) is 24.8 Å². The molecular formula is C14H21N3O2. The number of anilines is 1. The molecule has 1 aromatic carbocycles. The quantitative estimate of drug-likeness (QED) is 0.669. The second-order valence-corrected chi connectivity index (χ2v) is 5.31. The van der Waals surface area contributed by atoms with Crippen LogP contribution in [0.5, 0.6) is 0 Å². The molecular weight excluding hydrogens is 242 g/mol. The molecule has 2 rings (SSSR count). The van der Waals surface area contributed by atoms with Gasteiger partial charge in [0.15, 0.2) is 0 Å². The summed E-state index contributed by atoms with van der Waals surface area (Å²) in [6.45, 7) is 3.86. The third kappa shape index (κ3) is 3.67. The summed E-state index contributed by atoms with van der Waals surface area (Å²) in [5, 5.41) is 14.4. The van der Waals surface area contributed by atoms with Crippen LogP contribution in [-0.2, 0) is 0 Å². The summed E-state index contributed by atoms with van der Waals surface area (Å²) in [5.41, 5.74) is 2.00. The van der Waals surface area contributed by atoms with Crippen LogP contribution in [0.3, 0.4) is 0 Å². The lowest BCUT2D eigenvalue weighted by Crippen LogP contribution is -2.42. The maximum absolute atomic E-state index is 10.9. The summed E-state index contributed by atoms with van der Waals surface area (Å²) in [5.74, 6) is 0. The van der Waals surface area contributed by atoms with Gasteiger partial charge in [0.2, 0.25) is 0 Å². The van der Waals surface area contributed by atoms with E-state index >= 15 is 0 Å². The Morgan fingerprint density at radius 1 is 1.42 bits per heavy atom. The molecule has 0 spiro atoms. The summed E-state index contributed by atoms with van der Waals surface area (Å²) < 4.78 is 0. The van der Waals surface area contributed by atoms with Crippen LogP contribution in [0.25, 0.3) is 0 Å². The highest BCUT2D eigenvalue weighted by atomic mass is 16.6. The topological polar surface area (TPSA) is 58.4 Å². The molecule has 0 aliphatic carbocycles. The lowest BCUT2D eigenvalue weighted by molar-refractivity contribution is -0.384. The van der Waals surface area contributed by atoms with Crippen molar-refractivity contribution in [2.45, 2.75) is 32.2 Å². The van der Waals surface area contributed by atoms with E-state index in [9.17, 15) is 10.1 Å². The number of nitro groups is 1. The van der Waals surface area contributed by atoms with Crippen LogP contribution in [0.15, 0.2) is 18.2 Å². The average molecular weight is 263 g/mol. The van der Waals surface area contributed by atoms with Gasteiger partial charge in [-0.2, -0.15) is 0 Å². The van der Waals surface area contributed by atoms with Crippen LogP contribution < -0.4 is 10.2 Å². The van der Waals surface area contributed by atoms with Crippen molar-refractivity contribution in [1.29, 1.82) is 0 Å². The normalized spacial score (nSPS) is 19.2. The molecule has 1 unspecified atom stereocenters. The molecule has 5 nitrogen and oxygen atoms in total. The Balaban J connectivity index is 2.09. The number of benzene rings is 1. The second kappa shape index (κ2) is 6.02. The van der Waals surface area contributed by atoms with Crippen molar-refractivity contribution >= 4 is 11.4 Å². The molecule has 1 fully saturated rings. The highest BCUT2D eigenvalue weighted by Gasteiger charge is 2.16. The number of rotatable bonds is 4. The fourth-order valence-electron chi connectivity index (χ4n) is 2.58. The minimum absolute atomic E-state index is 0.165. The molecule has 1 saturated heterocycles. The van der Waals surface area contributed by atoms with Crippen LogP contribution in [0.2, 0.25) is 0 Å². The van der Waals surface area contributed by atoms with Crippen molar-refractivity contribution in [3.63, 3.8) is 0 Å². The first kappa shape index (κ1) is 13.8. The minimum Gasteiger partial charge on any atom is -0.373 e. The molecule has 1 heterocycles. The molecule has 5 heteroatoms. The Morgan fingerprint density at radius 3 is 2.84 bits per heavy atom. The van der Waals surface area contributed by atoms with E-state index in [2.05, 4.69) is 10.2 Å². The standard InChI is InChI=1S/C14H21N3O2/c1-11-7-13(9-14(8-11)17(18)19)16(2)10-12-5-3-4-6-15-12/h7-9,12,15H,3-6,10H2,1-2H3. The monoisotopic (exact) mass is 263 g/mol. The largest absolute Gasteiger partial charge is 0.373 e. The van der Waals surface area contributed by atoms with Crippen LogP contribution in [0, 0.1) is 17.0 Å². The fourth-order valence-corrected chi connectivity index (χ4v) is 2.58. The fraction of sp³-hybridized carbons (Fsp3) is 0.571. The van der Waals surface area contributed by atoms with E-state index in [1.165, 1.54) is 19.3 Å². The van der Waals surface area contributed by atoms with Crippen molar-refractivity contribution in [1.82, 2.24) is 5.32 Å². The zero-order valence-corrected chi connectivity index (χ0v) is 11.6. The first-order valence-electron chi connectivity index (χ1n) is 6.77. The number of hydrogen-bond acceptors (Lipinski definition) is 4. The van der Waals surface area contributed by atoms with Gasteiger partial charge >= 0.3 is 0 Å². The first-order valence-corrected chi connectivity index (χ1v) is 6.77. The number of nitrogens with zero attached hydrogens (tertiary/aromatic N) is 2. The molecule has 0 saturated carbocycles. The van der Waals surface area contributed by atoms with Gasteiger partial charge < -0.3 is 10.2 Å². The predicted octanol–water partition coefficient (Wildman–Crippen LogP) is 2.48. The van der Waals surface area contributed by atoms with Gasteiger partial charge in [0, 0.05) is 37.5 Å². The zero-order chi connectivity index (χ0) is 13.8. The van der Waals surface area contributed by atoms with E-state index in [0.717, 1.165) is 24.3 Å². The number of non-ortho nitro benzene ring substituents is 1. The van der Waals surface area contributed by atoms with Crippen molar-refractivity contribution in [2.75, 3.05) is 25.0 Å². The number of nitro benzene ring substituents is 1. The van der Waals surface area contributed by atoms with Gasteiger partial charge in [0.05, 0.1) is 4.92 Å². The first-order chi connectivity index (χ1) is 9.06. The lowest BCUT2D eigenvalue weighted by atomic mass is 10.0. The number of aryl methyl sites for hydroxylation is 1.